The quantitative estimate of drug-likeness (QED) is 0.691. The Morgan fingerprint density at radius 2 is 2.03 bits per heavy atom. The number of aromatic nitrogens is 3. The van der Waals surface area contributed by atoms with Crippen LogP contribution in [0.4, 0.5) is 10.8 Å². The minimum Gasteiger partial charge on any atom is -0.497 e. The molecule has 8 heteroatoms. The molecular formula is C21H23N5O2S. The lowest BCUT2D eigenvalue weighted by molar-refractivity contribution is -0.120. The highest BCUT2D eigenvalue weighted by molar-refractivity contribution is 7.10. The molecule has 4 rings (SSSR count). The number of aryl methyl sites for hydroxylation is 1. The number of ether oxygens (including phenoxy) is 1. The van der Waals surface area contributed by atoms with Crippen LogP contribution in [-0.4, -0.2) is 40.7 Å². The predicted molar refractivity (Wildman–Crippen MR) is 114 cm³/mol. The summed E-state index contributed by atoms with van der Waals surface area (Å²) in [6.45, 7) is 3.43. The van der Waals surface area contributed by atoms with Gasteiger partial charge in [0.2, 0.25) is 5.91 Å². The molecule has 3 heterocycles. The molecule has 1 amide bonds. The number of carbonyl (C=O) groups is 1. The molecule has 29 heavy (non-hydrogen) atoms. The Hall–Kier alpha value is -3.00. The van der Waals surface area contributed by atoms with E-state index in [2.05, 4.69) is 24.8 Å². The number of anilines is 2. The summed E-state index contributed by atoms with van der Waals surface area (Å²) in [5, 5.41) is 12.6. The molecule has 0 spiro atoms. The zero-order valence-electron chi connectivity index (χ0n) is 16.5. The van der Waals surface area contributed by atoms with Crippen molar-refractivity contribution in [3.05, 3.63) is 48.2 Å². The lowest BCUT2D eigenvalue weighted by atomic mass is 9.97. The van der Waals surface area contributed by atoms with Gasteiger partial charge in [-0.3, -0.25) is 4.79 Å². The third kappa shape index (κ3) is 4.54. The first-order chi connectivity index (χ1) is 14.1. The maximum Gasteiger partial charge on any atom is 0.229 e. The Bertz CT molecular complexity index is 971. The van der Waals surface area contributed by atoms with Gasteiger partial charge < -0.3 is 15.0 Å². The molecule has 1 atom stereocenters. The van der Waals surface area contributed by atoms with Crippen LogP contribution in [0.3, 0.4) is 0 Å². The summed E-state index contributed by atoms with van der Waals surface area (Å²) < 4.78 is 9.40. The van der Waals surface area contributed by atoms with Crippen molar-refractivity contribution in [1.29, 1.82) is 0 Å². The Balaban J connectivity index is 1.41. The van der Waals surface area contributed by atoms with Crippen LogP contribution in [0.25, 0.3) is 11.3 Å². The minimum atomic E-state index is -0.0748. The zero-order valence-corrected chi connectivity index (χ0v) is 17.3. The van der Waals surface area contributed by atoms with Crippen LogP contribution in [-0.2, 0) is 4.79 Å². The second-order valence-corrected chi connectivity index (χ2v) is 7.92. The van der Waals surface area contributed by atoms with Crippen molar-refractivity contribution in [2.75, 3.05) is 30.4 Å². The van der Waals surface area contributed by atoms with Gasteiger partial charge in [0.25, 0.3) is 0 Å². The molecule has 0 aliphatic carbocycles. The number of nitrogens with one attached hydrogen (secondary N) is 1. The number of piperidine rings is 1. The maximum absolute atomic E-state index is 12.6. The van der Waals surface area contributed by atoms with E-state index in [1.807, 2.05) is 49.4 Å². The molecule has 0 bridgehead atoms. The van der Waals surface area contributed by atoms with Crippen molar-refractivity contribution in [2.45, 2.75) is 19.8 Å². The fourth-order valence-electron chi connectivity index (χ4n) is 3.45. The average Bonchev–Trinajstić information content (AvgIpc) is 3.18. The van der Waals surface area contributed by atoms with E-state index in [0.717, 1.165) is 52.9 Å². The number of methoxy groups -OCH3 is 1. The van der Waals surface area contributed by atoms with Crippen LogP contribution in [0.15, 0.2) is 42.5 Å². The molecule has 7 nitrogen and oxygen atoms in total. The minimum absolute atomic E-state index is 0.0427. The summed E-state index contributed by atoms with van der Waals surface area (Å²) in [6, 6.07) is 13.6. The van der Waals surface area contributed by atoms with E-state index in [1.165, 1.54) is 11.5 Å². The number of benzene rings is 1. The first-order valence-electron chi connectivity index (χ1n) is 9.59. The van der Waals surface area contributed by atoms with Gasteiger partial charge in [0.15, 0.2) is 5.82 Å². The molecule has 0 saturated carbocycles. The molecule has 1 fully saturated rings. The van der Waals surface area contributed by atoms with Gasteiger partial charge in [0.1, 0.15) is 10.8 Å². The smallest absolute Gasteiger partial charge is 0.229 e. The number of nitrogens with zero attached hydrogens (tertiary/aromatic N) is 4. The van der Waals surface area contributed by atoms with Crippen molar-refractivity contribution in [3.8, 4) is 17.0 Å². The summed E-state index contributed by atoms with van der Waals surface area (Å²) in [6.07, 6.45) is 1.82. The summed E-state index contributed by atoms with van der Waals surface area (Å²) in [4.78, 5) is 14.8. The molecule has 1 aliphatic heterocycles. The standard InChI is InChI=1S/C21H23N5O2S/c1-14-12-20(29-25-14)22-21(27)16-4-3-11-26(13-16)19-10-9-18(23-24-19)15-5-7-17(28-2)8-6-15/h5-10,12,16H,3-4,11,13H2,1-2H3,(H,22,27). The summed E-state index contributed by atoms with van der Waals surface area (Å²) in [5.41, 5.74) is 2.71. The van der Waals surface area contributed by atoms with Gasteiger partial charge in [-0.25, -0.2) is 0 Å². The van der Waals surface area contributed by atoms with Gasteiger partial charge in [-0.05, 0) is 73.8 Å². The molecule has 0 radical (unpaired) electrons. The monoisotopic (exact) mass is 409 g/mol. The van der Waals surface area contributed by atoms with Gasteiger partial charge in [-0.1, -0.05) is 0 Å². The number of hydrogen-bond acceptors (Lipinski definition) is 7. The summed E-state index contributed by atoms with van der Waals surface area (Å²) in [7, 11) is 1.65. The van der Waals surface area contributed by atoms with Crippen LogP contribution in [0.1, 0.15) is 18.5 Å². The van der Waals surface area contributed by atoms with Crippen molar-refractivity contribution < 1.29 is 9.53 Å². The first-order valence-corrected chi connectivity index (χ1v) is 10.4. The van der Waals surface area contributed by atoms with E-state index >= 15 is 0 Å². The maximum atomic E-state index is 12.6. The molecule has 2 aromatic heterocycles. The third-order valence-corrected chi connectivity index (χ3v) is 5.82. The Labute approximate surface area is 173 Å². The van der Waals surface area contributed by atoms with E-state index in [9.17, 15) is 4.79 Å². The number of hydrogen-bond donors (Lipinski definition) is 1. The highest BCUT2D eigenvalue weighted by atomic mass is 32.1. The van der Waals surface area contributed by atoms with Crippen molar-refractivity contribution >= 4 is 28.3 Å². The van der Waals surface area contributed by atoms with Gasteiger partial charge in [0, 0.05) is 18.7 Å². The molecule has 3 aromatic rings. The average molecular weight is 410 g/mol. The Morgan fingerprint density at radius 1 is 1.21 bits per heavy atom. The van der Waals surface area contributed by atoms with E-state index in [-0.39, 0.29) is 11.8 Å². The van der Waals surface area contributed by atoms with Crippen LogP contribution in [0, 0.1) is 12.8 Å². The van der Waals surface area contributed by atoms with Gasteiger partial charge >= 0.3 is 0 Å². The van der Waals surface area contributed by atoms with Gasteiger partial charge in [-0.15, -0.1) is 10.2 Å². The largest absolute Gasteiger partial charge is 0.497 e. The summed E-state index contributed by atoms with van der Waals surface area (Å²) >= 11 is 1.32. The van der Waals surface area contributed by atoms with Crippen LogP contribution < -0.4 is 15.0 Å². The van der Waals surface area contributed by atoms with Crippen molar-refractivity contribution in [1.82, 2.24) is 14.6 Å². The van der Waals surface area contributed by atoms with Crippen molar-refractivity contribution in [3.63, 3.8) is 0 Å². The topological polar surface area (TPSA) is 80.2 Å². The zero-order chi connectivity index (χ0) is 20.2. The van der Waals surface area contributed by atoms with E-state index < -0.39 is 0 Å². The van der Waals surface area contributed by atoms with E-state index in [0.29, 0.717) is 6.54 Å². The van der Waals surface area contributed by atoms with Crippen molar-refractivity contribution in [2.24, 2.45) is 5.92 Å². The molecule has 1 aromatic carbocycles. The van der Waals surface area contributed by atoms with Gasteiger partial charge in [0.05, 0.1) is 24.4 Å². The number of rotatable bonds is 5. The Morgan fingerprint density at radius 3 is 2.69 bits per heavy atom. The predicted octanol–water partition coefficient (Wildman–Crippen LogP) is 3.77. The normalized spacial score (nSPS) is 16.5. The van der Waals surface area contributed by atoms with Crippen LogP contribution in [0.5, 0.6) is 5.75 Å². The fraction of sp³-hybridized carbons (Fsp3) is 0.333. The third-order valence-electron chi connectivity index (χ3n) is 5.03. The molecule has 1 saturated heterocycles. The SMILES string of the molecule is COc1ccc(-c2ccc(N3CCCC(C(=O)Nc4cc(C)ns4)C3)nn2)cc1. The molecule has 1 unspecified atom stereocenters. The van der Waals surface area contributed by atoms with Crippen LogP contribution in [0.2, 0.25) is 0 Å². The highest BCUT2D eigenvalue weighted by Gasteiger charge is 2.27. The lowest BCUT2D eigenvalue weighted by Gasteiger charge is -2.32. The second-order valence-electron chi connectivity index (χ2n) is 7.11. The summed E-state index contributed by atoms with van der Waals surface area (Å²) in [5.74, 6) is 1.58. The van der Waals surface area contributed by atoms with E-state index in [4.69, 9.17) is 4.74 Å². The lowest BCUT2D eigenvalue weighted by Crippen LogP contribution is -2.41. The van der Waals surface area contributed by atoms with Crippen LogP contribution >= 0.6 is 11.5 Å². The number of carbonyl (C=O) groups excluding carboxylic acids is 1. The number of amides is 1. The van der Waals surface area contributed by atoms with Gasteiger partial charge in [-0.2, -0.15) is 4.37 Å². The van der Waals surface area contributed by atoms with E-state index in [1.54, 1.807) is 7.11 Å². The second kappa shape index (κ2) is 8.57. The molecule has 1 N–H and O–H groups in total. The highest BCUT2D eigenvalue weighted by Crippen LogP contribution is 2.26. The first kappa shape index (κ1) is 19.3. The fourth-order valence-corrected chi connectivity index (χ4v) is 4.12. The Kier molecular flexibility index (Phi) is 5.71. The molecular weight excluding hydrogens is 386 g/mol. The molecule has 150 valence electrons. The molecule has 1 aliphatic rings.